The molecular weight excluding hydrogens is 354 g/mol. The van der Waals surface area contributed by atoms with Gasteiger partial charge >= 0.3 is 6.09 Å². The molecule has 4 rings (SSSR count). The third-order valence-electron chi connectivity index (χ3n) is 5.73. The minimum absolute atomic E-state index is 0.0468. The molecule has 3 heterocycles. The van der Waals surface area contributed by atoms with Crippen molar-refractivity contribution in [2.24, 2.45) is 11.7 Å². The minimum atomic E-state index is -0.969. The van der Waals surface area contributed by atoms with E-state index >= 15 is 0 Å². The van der Waals surface area contributed by atoms with Gasteiger partial charge in [-0.1, -0.05) is 0 Å². The van der Waals surface area contributed by atoms with Crippen molar-refractivity contribution in [3.8, 4) is 0 Å². The Balaban J connectivity index is 1.81. The highest BCUT2D eigenvalue weighted by molar-refractivity contribution is 6.25. The molecule has 3 N–H and O–H groups in total. The number of hydrogen-bond donors (Lipinski definition) is 2. The Morgan fingerprint density at radius 2 is 2.07 bits per heavy atom. The van der Waals surface area contributed by atoms with Crippen LogP contribution in [0.15, 0.2) is 22.6 Å². The van der Waals surface area contributed by atoms with E-state index in [4.69, 9.17) is 19.9 Å². The molecule has 4 aliphatic rings. The quantitative estimate of drug-likeness (QED) is 0.498. The van der Waals surface area contributed by atoms with Crippen LogP contribution in [0.4, 0.5) is 4.79 Å². The van der Waals surface area contributed by atoms with Crippen molar-refractivity contribution in [3.05, 3.63) is 22.6 Å². The molecule has 4 atom stereocenters. The molecule has 3 aliphatic heterocycles. The zero-order chi connectivity index (χ0) is 19.7. The van der Waals surface area contributed by atoms with Gasteiger partial charge in [-0.15, -0.1) is 0 Å². The highest BCUT2D eigenvalue weighted by atomic mass is 16.6. The summed E-state index contributed by atoms with van der Waals surface area (Å²) in [7, 11) is 1.53. The summed E-state index contributed by atoms with van der Waals surface area (Å²) >= 11 is 0. The molecule has 0 aromatic heterocycles. The van der Waals surface area contributed by atoms with Gasteiger partial charge in [0.05, 0.1) is 23.8 Å². The topological polar surface area (TPSA) is 130 Å². The number of amides is 1. The number of nitrogens with zero attached hydrogens (tertiary/aromatic N) is 1. The average molecular weight is 377 g/mol. The van der Waals surface area contributed by atoms with Gasteiger partial charge < -0.3 is 30.2 Å². The van der Waals surface area contributed by atoms with Gasteiger partial charge in [-0.05, 0) is 20.8 Å². The van der Waals surface area contributed by atoms with E-state index in [1.165, 1.54) is 7.11 Å². The van der Waals surface area contributed by atoms with E-state index in [1.807, 2.05) is 4.90 Å². The average Bonchev–Trinajstić information content (AvgIpc) is 3.21. The molecule has 146 valence electrons. The molecule has 0 aromatic rings. The molecule has 27 heavy (non-hydrogen) atoms. The van der Waals surface area contributed by atoms with Crippen LogP contribution in [-0.2, 0) is 23.8 Å². The first-order chi connectivity index (χ1) is 12.7. The third kappa shape index (κ3) is 2.28. The van der Waals surface area contributed by atoms with Gasteiger partial charge in [-0.3, -0.25) is 9.59 Å². The van der Waals surface area contributed by atoms with Crippen LogP contribution in [0.2, 0.25) is 0 Å². The van der Waals surface area contributed by atoms with Crippen molar-refractivity contribution in [1.82, 2.24) is 10.2 Å². The van der Waals surface area contributed by atoms with Gasteiger partial charge in [0.1, 0.15) is 6.61 Å². The van der Waals surface area contributed by atoms with Gasteiger partial charge in [-0.25, -0.2) is 4.79 Å². The fourth-order valence-corrected chi connectivity index (χ4v) is 4.65. The van der Waals surface area contributed by atoms with Crippen molar-refractivity contribution in [3.63, 3.8) is 0 Å². The predicted octanol–water partition coefficient (Wildman–Crippen LogP) is -0.185. The summed E-state index contributed by atoms with van der Waals surface area (Å²) in [5, 5.41) is 3.31. The number of carbonyl (C=O) groups excluding carboxylic acids is 3. The first kappa shape index (κ1) is 18.0. The van der Waals surface area contributed by atoms with Crippen LogP contribution in [-0.4, -0.2) is 66.7 Å². The zero-order valence-electron chi connectivity index (χ0n) is 15.7. The summed E-state index contributed by atoms with van der Waals surface area (Å²) in [5.74, 6) is -1.22. The van der Waals surface area contributed by atoms with Gasteiger partial charge in [-0.2, -0.15) is 0 Å². The van der Waals surface area contributed by atoms with Crippen molar-refractivity contribution < 1.29 is 28.6 Å². The SMILES string of the molecule is CO[C@@]12C(COC(N)=O)C3=C(C(=O)C(C)=C(OC(C)C)C3=O)N1CC1NC12. The van der Waals surface area contributed by atoms with Crippen molar-refractivity contribution in [1.29, 1.82) is 0 Å². The van der Waals surface area contributed by atoms with Crippen LogP contribution in [0.25, 0.3) is 0 Å². The Labute approximate surface area is 156 Å². The van der Waals surface area contributed by atoms with Gasteiger partial charge in [0, 0.05) is 30.8 Å². The fraction of sp³-hybridized carbons (Fsp3) is 0.611. The Morgan fingerprint density at radius 3 is 2.67 bits per heavy atom. The number of ether oxygens (including phenoxy) is 3. The number of fused-ring (bicyclic) bond motifs is 4. The predicted molar refractivity (Wildman–Crippen MR) is 92.1 cm³/mol. The minimum Gasteiger partial charge on any atom is -0.486 e. The molecule has 0 saturated carbocycles. The molecule has 1 amide bonds. The smallest absolute Gasteiger partial charge is 0.404 e. The number of rotatable bonds is 5. The van der Waals surface area contributed by atoms with Gasteiger partial charge in [0.2, 0.25) is 11.6 Å². The Kier molecular flexibility index (Phi) is 3.87. The van der Waals surface area contributed by atoms with Crippen LogP contribution >= 0.6 is 0 Å². The number of methoxy groups -OCH3 is 1. The molecule has 0 bridgehead atoms. The maximum absolute atomic E-state index is 13.3. The van der Waals surface area contributed by atoms with E-state index in [2.05, 4.69) is 5.32 Å². The number of carbonyl (C=O) groups is 3. The van der Waals surface area contributed by atoms with E-state index in [0.29, 0.717) is 12.2 Å². The normalized spacial score (nSPS) is 34.1. The lowest BCUT2D eigenvalue weighted by Crippen LogP contribution is -2.55. The second kappa shape index (κ2) is 5.80. The first-order valence-electron chi connectivity index (χ1n) is 8.96. The van der Waals surface area contributed by atoms with E-state index in [9.17, 15) is 14.4 Å². The summed E-state index contributed by atoms with van der Waals surface area (Å²) in [6, 6.07) is 0.0977. The highest BCUT2D eigenvalue weighted by Gasteiger charge is 2.72. The number of hydrogen-bond acceptors (Lipinski definition) is 8. The first-order valence-corrected chi connectivity index (χ1v) is 8.96. The lowest BCUT2D eigenvalue weighted by atomic mass is 9.83. The van der Waals surface area contributed by atoms with E-state index in [-0.39, 0.29) is 53.3 Å². The molecule has 0 radical (unpaired) electrons. The van der Waals surface area contributed by atoms with Crippen molar-refractivity contribution in [2.75, 3.05) is 20.3 Å². The number of Topliss-reactive ketones (excluding diaryl/α,β-unsaturated/α-hetero) is 2. The van der Waals surface area contributed by atoms with Crippen LogP contribution in [0.5, 0.6) is 0 Å². The highest BCUT2D eigenvalue weighted by Crippen LogP contribution is 2.55. The maximum Gasteiger partial charge on any atom is 0.404 e. The molecule has 2 fully saturated rings. The number of nitrogens with one attached hydrogen (secondary N) is 1. The number of piperazine rings is 1. The molecule has 0 spiro atoms. The largest absolute Gasteiger partial charge is 0.486 e. The number of primary amides is 1. The lowest BCUT2D eigenvalue weighted by molar-refractivity contribution is -0.137. The number of ketones is 2. The second-order valence-corrected chi connectivity index (χ2v) is 7.54. The summed E-state index contributed by atoms with van der Waals surface area (Å²) < 4.78 is 16.6. The molecule has 0 aromatic carbocycles. The van der Waals surface area contributed by atoms with Crippen LogP contribution in [0, 0.1) is 5.92 Å². The summed E-state index contributed by atoms with van der Waals surface area (Å²) in [5.41, 5.74) is 5.06. The van der Waals surface area contributed by atoms with Gasteiger partial charge in [0.15, 0.2) is 11.5 Å². The van der Waals surface area contributed by atoms with Crippen LogP contribution in [0.1, 0.15) is 20.8 Å². The second-order valence-electron chi connectivity index (χ2n) is 7.54. The van der Waals surface area contributed by atoms with E-state index < -0.39 is 17.7 Å². The summed E-state index contributed by atoms with van der Waals surface area (Å²) in [6.45, 7) is 5.56. The van der Waals surface area contributed by atoms with Crippen molar-refractivity contribution in [2.45, 2.75) is 44.7 Å². The molecule has 2 saturated heterocycles. The van der Waals surface area contributed by atoms with Gasteiger partial charge in [0.25, 0.3) is 0 Å². The third-order valence-corrected chi connectivity index (χ3v) is 5.73. The van der Waals surface area contributed by atoms with E-state index in [0.717, 1.165) is 0 Å². The zero-order valence-corrected chi connectivity index (χ0v) is 15.7. The Bertz CT molecular complexity index is 816. The standard InChI is InChI=1S/C18H23N3O6/c1-7(2)27-15-8(3)13(22)12-11(14(15)23)9(6-26-17(19)24)18(25-4)16-10(20-16)5-21(12)18/h7,9-10,16,20H,5-6H2,1-4H3,(H2,19,24)/t9?,10?,16?,18-/m1/s1. The maximum atomic E-state index is 13.3. The van der Waals surface area contributed by atoms with E-state index in [1.54, 1.807) is 20.8 Å². The van der Waals surface area contributed by atoms with Crippen molar-refractivity contribution >= 4 is 17.7 Å². The molecule has 9 nitrogen and oxygen atoms in total. The summed E-state index contributed by atoms with van der Waals surface area (Å²) in [6.07, 6.45) is -1.21. The lowest BCUT2D eigenvalue weighted by Gasteiger charge is -2.39. The fourth-order valence-electron chi connectivity index (χ4n) is 4.65. The number of nitrogens with two attached hydrogens (primary N) is 1. The summed E-state index contributed by atoms with van der Waals surface area (Å²) in [4.78, 5) is 39.5. The molecule has 9 heteroatoms. The molecule has 3 unspecified atom stereocenters. The van der Waals surface area contributed by atoms with Crippen LogP contribution in [0.3, 0.4) is 0 Å². The monoisotopic (exact) mass is 377 g/mol. The Morgan fingerprint density at radius 1 is 1.37 bits per heavy atom. The molecular formula is C18H23N3O6. The van der Waals surface area contributed by atoms with Crippen LogP contribution < -0.4 is 11.1 Å². The number of allylic oxidation sites excluding steroid dienone is 2. The molecule has 1 aliphatic carbocycles. The Hall–Kier alpha value is -2.39.